The Morgan fingerprint density at radius 2 is 1.67 bits per heavy atom. The molecular weight excluding hydrogens is 340 g/mol. The van der Waals surface area contributed by atoms with E-state index in [0.717, 1.165) is 43.3 Å². The number of carbonyl (C=O) groups excluding carboxylic acids is 1. The van der Waals surface area contributed by atoms with Crippen LogP contribution in [0.4, 0.5) is 5.69 Å². The van der Waals surface area contributed by atoms with Gasteiger partial charge in [0.15, 0.2) is 0 Å². The fourth-order valence-electron chi connectivity index (χ4n) is 3.32. The fraction of sp³-hybridized carbons (Fsp3) is 0.409. The number of methoxy groups -OCH3 is 1. The summed E-state index contributed by atoms with van der Waals surface area (Å²) in [7, 11) is 1.65. The molecule has 1 unspecified atom stereocenters. The Balaban J connectivity index is 1.69. The molecule has 1 heterocycles. The van der Waals surface area contributed by atoms with Crippen molar-refractivity contribution in [1.29, 1.82) is 0 Å². The highest BCUT2D eigenvalue weighted by molar-refractivity contribution is 5.94. The molecule has 2 aromatic rings. The van der Waals surface area contributed by atoms with Gasteiger partial charge in [0.05, 0.1) is 26.4 Å². The molecule has 1 fully saturated rings. The summed E-state index contributed by atoms with van der Waals surface area (Å²) in [5.41, 5.74) is 2.88. The van der Waals surface area contributed by atoms with E-state index in [1.807, 2.05) is 48.5 Å². The number of rotatable bonds is 6. The average molecular weight is 368 g/mol. The number of nitrogens with zero attached hydrogens (tertiary/aromatic N) is 1. The maximum Gasteiger partial charge on any atom is 0.251 e. The molecule has 0 radical (unpaired) electrons. The SMILES string of the molecule is COc1ccc(C(NC(=O)c2ccc(N3CCOCC3)cc2)C(C)C)cc1. The molecule has 0 aromatic heterocycles. The molecule has 3 rings (SSSR count). The average Bonchev–Trinajstić information content (AvgIpc) is 2.72. The van der Waals surface area contributed by atoms with E-state index in [0.29, 0.717) is 5.56 Å². The molecule has 2 aromatic carbocycles. The molecular formula is C22H28N2O3. The van der Waals surface area contributed by atoms with E-state index in [9.17, 15) is 4.79 Å². The molecule has 0 spiro atoms. The number of morpholine rings is 1. The van der Waals surface area contributed by atoms with Crippen molar-refractivity contribution in [3.63, 3.8) is 0 Å². The van der Waals surface area contributed by atoms with Crippen molar-refractivity contribution < 1.29 is 14.3 Å². The lowest BCUT2D eigenvalue weighted by atomic mass is 9.95. The number of ether oxygens (including phenoxy) is 2. The summed E-state index contributed by atoms with van der Waals surface area (Å²) >= 11 is 0. The van der Waals surface area contributed by atoms with Crippen LogP contribution in [-0.4, -0.2) is 39.3 Å². The lowest BCUT2D eigenvalue weighted by Crippen LogP contribution is -2.36. The molecule has 0 bridgehead atoms. The molecule has 0 aliphatic carbocycles. The molecule has 1 saturated heterocycles. The number of carbonyl (C=O) groups is 1. The Hall–Kier alpha value is -2.53. The molecule has 1 amide bonds. The summed E-state index contributed by atoms with van der Waals surface area (Å²) in [6, 6.07) is 15.6. The van der Waals surface area contributed by atoms with Gasteiger partial charge in [-0.15, -0.1) is 0 Å². The molecule has 1 aliphatic rings. The van der Waals surface area contributed by atoms with Gasteiger partial charge in [-0.2, -0.15) is 0 Å². The predicted molar refractivity (Wildman–Crippen MR) is 108 cm³/mol. The van der Waals surface area contributed by atoms with Gasteiger partial charge in [-0.3, -0.25) is 4.79 Å². The van der Waals surface area contributed by atoms with Gasteiger partial charge in [0.25, 0.3) is 5.91 Å². The number of benzene rings is 2. The van der Waals surface area contributed by atoms with Crippen LogP contribution in [0.5, 0.6) is 5.75 Å². The second kappa shape index (κ2) is 8.91. The quantitative estimate of drug-likeness (QED) is 0.845. The smallest absolute Gasteiger partial charge is 0.251 e. The van der Waals surface area contributed by atoms with Crippen LogP contribution in [0.2, 0.25) is 0 Å². The number of nitrogens with one attached hydrogen (secondary N) is 1. The molecule has 5 nitrogen and oxygen atoms in total. The minimum absolute atomic E-state index is 0.0534. The van der Waals surface area contributed by atoms with E-state index in [4.69, 9.17) is 9.47 Å². The van der Waals surface area contributed by atoms with Gasteiger partial charge in [0.2, 0.25) is 0 Å². The second-order valence-corrected chi connectivity index (χ2v) is 7.11. The van der Waals surface area contributed by atoms with Crippen LogP contribution in [-0.2, 0) is 4.74 Å². The minimum atomic E-state index is -0.0574. The first-order chi connectivity index (χ1) is 13.1. The van der Waals surface area contributed by atoms with E-state index < -0.39 is 0 Å². The highest BCUT2D eigenvalue weighted by atomic mass is 16.5. The minimum Gasteiger partial charge on any atom is -0.497 e. The summed E-state index contributed by atoms with van der Waals surface area (Å²) < 4.78 is 10.6. The number of anilines is 1. The third-order valence-corrected chi connectivity index (χ3v) is 4.93. The van der Waals surface area contributed by atoms with Crippen molar-refractivity contribution in [3.8, 4) is 5.75 Å². The van der Waals surface area contributed by atoms with Crippen LogP contribution in [0.1, 0.15) is 35.8 Å². The monoisotopic (exact) mass is 368 g/mol. The highest BCUT2D eigenvalue weighted by Crippen LogP contribution is 2.25. The van der Waals surface area contributed by atoms with E-state index in [1.165, 1.54) is 0 Å². The van der Waals surface area contributed by atoms with E-state index in [-0.39, 0.29) is 17.9 Å². The van der Waals surface area contributed by atoms with Crippen LogP contribution in [0.25, 0.3) is 0 Å². The summed E-state index contributed by atoms with van der Waals surface area (Å²) in [6.45, 7) is 7.49. The highest BCUT2D eigenvalue weighted by Gasteiger charge is 2.20. The molecule has 1 aliphatic heterocycles. The molecule has 1 atom stereocenters. The zero-order chi connectivity index (χ0) is 19.2. The van der Waals surface area contributed by atoms with Gasteiger partial charge in [0.1, 0.15) is 5.75 Å². The van der Waals surface area contributed by atoms with Gasteiger partial charge >= 0.3 is 0 Å². The molecule has 5 heteroatoms. The largest absolute Gasteiger partial charge is 0.497 e. The van der Waals surface area contributed by atoms with Crippen LogP contribution < -0.4 is 15.0 Å². The maximum absolute atomic E-state index is 12.8. The first-order valence-electron chi connectivity index (χ1n) is 9.46. The first-order valence-corrected chi connectivity index (χ1v) is 9.46. The van der Waals surface area contributed by atoms with E-state index in [1.54, 1.807) is 7.11 Å². The van der Waals surface area contributed by atoms with Crippen molar-refractivity contribution in [1.82, 2.24) is 5.32 Å². The number of hydrogen-bond acceptors (Lipinski definition) is 4. The zero-order valence-corrected chi connectivity index (χ0v) is 16.3. The Morgan fingerprint density at radius 1 is 1.04 bits per heavy atom. The van der Waals surface area contributed by atoms with Crippen LogP contribution >= 0.6 is 0 Å². The van der Waals surface area contributed by atoms with Crippen molar-refractivity contribution >= 4 is 11.6 Å². The summed E-state index contributed by atoms with van der Waals surface area (Å²) in [6.07, 6.45) is 0. The van der Waals surface area contributed by atoms with Crippen LogP contribution in [0, 0.1) is 5.92 Å². The third-order valence-electron chi connectivity index (χ3n) is 4.93. The lowest BCUT2D eigenvalue weighted by molar-refractivity contribution is 0.0925. The molecule has 0 saturated carbocycles. The Labute approximate surface area is 161 Å². The number of amides is 1. The Bertz CT molecular complexity index is 735. The van der Waals surface area contributed by atoms with Crippen molar-refractivity contribution in [3.05, 3.63) is 59.7 Å². The van der Waals surface area contributed by atoms with Gasteiger partial charge in [0, 0.05) is 24.3 Å². The third kappa shape index (κ3) is 4.80. The molecule has 1 N–H and O–H groups in total. The normalized spacial score (nSPS) is 15.5. The van der Waals surface area contributed by atoms with Crippen molar-refractivity contribution in [2.24, 2.45) is 5.92 Å². The van der Waals surface area contributed by atoms with Crippen molar-refractivity contribution in [2.75, 3.05) is 38.3 Å². The molecule has 144 valence electrons. The van der Waals surface area contributed by atoms with Crippen LogP contribution in [0.15, 0.2) is 48.5 Å². The summed E-state index contributed by atoms with van der Waals surface area (Å²) in [5, 5.41) is 3.17. The van der Waals surface area contributed by atoms with Gasteiger partial charge < -0.3 is 19.7 Å². The van der Waals surface area contributed by atoms with E-state index >= 15 is 0 Å². The standard InChI is InChI=1S/C22H28N2O3/c1-16(2)21(17-6-10-20(26-3)11-7-17)23-22(25)18-4-8-19(9-5-18)24-12-14-27-15-13-24/h4-11,16,21H,12-15H2,1-3H3,(H,23,25). The van der Waals surface area contributed by atoms with Gasteiger partial charge in [-0.1, -0.05) is 26.0 Å². The van der Waals surface area contributed by atoms with Gasteiger partial charge in [-0.05, 0) is 47.9 Å². The van der Waals surface area contributed by atoms with Crippen LogP contribution in [0.3, 0.4) is 0 Å². The zero-order valence-electron chi connectivity index (χ0n) is 16.3. The predicted octanol–water partition coefficient (Wildman–Crippen LogP) is 3.66. The molecule has 27 heavy (non-hydrogen) atoms. The first kappa shape index (κ1) is 19.2. The summed E-state index contributed by atoms with van der Waals surface area (Å²) in [4.78, 5) is 15.1. The lowest BCUT2D eigenvalue weighted by Gasteiger charge is -2.29. The van der Waals surface area contributed by atoms with Crippen molar-refractivity contribution in [2.45, 2.75) is 19.9 Å². The topological polar surface area (TPSA) is 50.8 Å². The summed E-state index contributed by atoms with van der Waals surface area (Å²) in [5.74, 6) is 1.03. The maximum atomic E-state index is 12.8. The Kier molecular flexibility index (Phi) is 6.35. The Morgan fingerprint density at radius 3 is 2.22 bits per heavy atom. The second-order valence-electron chi connectivity index (χ2n) is 7.11. The number of hydrogen-bond donors (Lipinski definition) is 1. The van der Waals surface area contributed by atoms with E-state index in [2.05, 4.69) is 24.1 Å². The fourth-order valence-corrected chi connectivity index (χ4v) is 3.32. The van der Waals surface area contributed by atoms with Gasteiger partial charge in [-0.25, -0.2) is 0 Å².